The lowest BCUT2D eigenvalue weighted by atomic mass is 10.1. The molecule has 6 heteroatoms. The van der Waals surface area contributed by atoms with Gasteiger partial charge in [0.25, 0.3) is 0 Å². The zero-order valence-corrected chi connectivity index (χ0v) is 18.8. The molecule has 1 saturated heterocycles. The van der Waals surface area contributed by atoms with Crippen molar-refractivity contribution in [1.82, 2.24) is 14.8 Å². The van der Waals surface area contributed by atoms with Crippen molar-refractivity contribution in [1.29, 1.82) is 0 Å². The third-order valence-electron chi connectivity index (χ3n) is 5.38. The fourth-order valence-electron chi connectivity index (χ4n) is 3.63. The molecular weight excluding hydrogens is 434 g/mol. The molecule has 3 aromatic rings. The Labute approximate surface area is 179 Å². The molecule has 1 aromatic heterocycles. The molecule has 1 aliphatic heterocycles. The molecule has 2 heterocycles. The number of halogens is 1. The zero-order valence-electron chi connectivity index (χ0n) is 16.4. The minimum absolute atomic E-state index is 0.915. The maximum Gasteiger partial charge on any atom is 0.119 e. The Morgan fingerprint density at radius 1 is 1.07 bits per heavy atom. The van der Waals surface area contributed by atoms with E-state index in [4.69, 9.17) is 4.74 Å². The van der Waals surface area contributed by atoms with Crippen LogP contribution in [0.1, 0.15) is 11.3 Å². The standard InChI is InChI=1S/C22H26BrN3OS/c1-25-9-11-26(12-10-25)14-20-19-13-17(27-2)5-8-21(19)24-22(20)15-28-18-6-3-16(23)4-7-18/h3-8,13,24H,9-12,14-15H2,1-2H3. The van der Waals surface area contributed by atoms with Crippen molar-refractivity contribution in [3.63, 3.8) is 0 Å². The minimum atomic E-state index is 0.915. The predicted molar refractivity (Wildman–Crippen MR) is 121 cm³/mol. The Morgan fingerprint density at radius 2 is 1.82 bits per heavy atom. The Bertz CT molecular complexity index is 933. The molecular formula is C22H26BrN3OS. The second-order valence-corrected chi connectivity index (χ2v) is 9.28. The Kier molecular flexibility index (Phi) is 6.31. The summed E-state index contributed by atoms with van der Waals surface area (Å²) in [7, 11) is 3.94. The van der Waals surface area contributed by atoms with Gasteiger partial charge in [0.05, 0.1) is 7.11 Å². The Balaban J connectivity index is 1.60. The van der Waals surface area contributed by atoms with Crippen molar-refractivity contribution < 1.29 is 4.74 Å². The number of rotatable bonds is 6. The fourth-order valence-corrected chi connectivity index (χ4v) is 4.78. The Morgan fingerprint density at radius 3 is 2.54 bits per heavy atom. The number of fused-ring (bicyclic) bond motifs is 1. The first-order chi connectivity index (χ1) is 13.6. The summed E-state index contributed by atoms with van der Waals surface area (Å²) in [4.78, 5) is 9.92. The predicted octanol–water partition coefficient (Wildman–Crippen LogP) is 4.98. The lowest BCUT2D eigenvalue weighted by molar-refractivity contribution is 0.148. The van der Waals surface area contributed by atoms with Gasteiger partial charge in [0, 0.05) is 64.4 Å². The highest BCUT2D eigenvalue weighted by molar-refractivity contribution is 9.10. The summed E-state index contributed by atoms with van der Waals surface area (Å²) in [6, 6.07) is 14.9. The van der Waals surface area contributed by atoms with Crippen LogP contribution >= 0.6 is 27.7 Å². The fraction of sp³-hybridized carbons (Fsp3) is 0.364. The number of hydrogen-bond acceptors (Lipinski definition) is 4. The first-order valence-corrected chi connectivity index (χ1v) is 11.4. The van der Waals surface area contributed by atoms with Gasteiger partial charge in [-0.05, 0) is 55.1 Å². The molecule has 1 aliphatic rings. The summed E-state index contributed by atoms with van der Waals surface area (Å²) in [6.45, 7) is 5.49. The van der Waals surface area contributed by atoms with Crippen molar-refractivity contribution in [3.8, 4) is 5.75 Å². The lowest BCUT2D eigenvalue weighted by Gasteiger charge is -2.32. The summed E-state index contributed by atoms with van der Waals surface area (Å²) in [6.07, 6.45) is 0. The van der Waals surface area contributed by atoms with E-state index in [0.29, 0.717) is 0 Å². The van der Waals surface area contributed by atoms with E-state index in [9.17, 15) is 0 Å². The van der Waals surface area contributed by atoms with Gasteiger partial charge in [-0.1, -0.05) is 15.9 Å². The number of aromatic nitrogens is 1. The summed E-state index contributed by atoms with van der Waals surface area (Å²) in [5.41, 5.74) is 3.91. The second kappa shape index (κ2) is 8.91. The highest BCUT2D eigenvalue weighted by atomic mass is 79.9. The summed E-state index contributed by atoms with van der Waals surface area (Å²) < 4.78 is 6.60. The molecule has 0 radical (unpaired) electrons. The minimum Gasteiger partial charge on any atom is -0.497 e. The molecule has 0 bridgehead atoms. The van der Waals surface area contributed by atoms with E-state index in [0.717, 1.165) is 48.7 Å². The third-order valence-corrected chi connectivity index (χ3v) is 6.94. The molecule has 0 amide bonds. The van der Waals surface area contributed by atoms with Gasteiger partial charge in [0.1, 0.15) is 5.75 Å². The number of piperazine rings is 1. The van der Waals surface area contributed by atoms with Gasteiger partial charge in [0.15, 0.2) is 0 Å². The van der Waals surface area contributed by atoms with Crippen LogP contribution in [0.3, 0.4) is 0 Å². The van der Waals surface area contributed by atoms with Crippen LogP contribution in [-0.2, 0) is 12.3 Å². The number of nitrogens with zero attached hydrogens (tertiary/aromatic N) is 2. The SMILES string of the molecule is COc1ccc2[nH]c(CSc3ccc(Br)cc3)c(CN3CCN(C)CC3)c2c1. The van der Waals surface area contributed by atoms with E-state index >= 15 is 0 Å². The van der Waals surface area contributed by atoms with Gasteiger partial charge in [-0.15, -0.1) is 11.8 Å². The molecule has 4 nitrogen and oxygen atoms in total. The van der Waals surface area contributed by atoms with E-state index < -0.39 is 0 Å². The molecule has 0 atom stereocenters. The van der Waals surface area contributed by atoms with Gasteiger partial charge >= 0.3 is 0 Å². The van der Waals surface area contributed by atoms with E-state index in [1.54, 1.807) is 7.11 Å². The summed E-state index contributed by atoms with van der Waals surface area (Å²) in [5.74, 6) is 1.85. The smallest absolute Gasteiger partial charge is 0.119 e. The van der Waals surface area contributed by atoms with E-state index in [1.165, 1.54) is 27.1 Å². The molecule has 1 N–H and O–H groups in total. The van der Waals surface area contributed by atoms with Gasteiger partial charge in [0.2, 0.25) is 0 Å². The van der Waals surface area contributed by atoms with Crippen LogP contribution in [0.15, 0.2) is 51.8 Å². The molecule has 28 heavy (non-hydrogen) atoms. The first kappa shape index (κ1) is 19.8. The maximum atomic E-state index is 5.49. The monoisotopic (exact) mass is 459 g/mol. The average molecular weight is 460 g/mol. The van der Waals surface area contributed by atoms with Crippen LogP contribution in [0, 0.1) is 0 Å². The number of benzene rings is 2. The number of H-pyrrole nitrogens is 1. The van der Waals surface area contributed by atoms with Crippen molar-refractivity contribution in [2.24, 2.45) is 0 Å². The second-order valence-electron chi connectivity index (χ2n) is 7.32. The lowest BCUT2D eigenvalue weighted by Crippen LogP contribution is -2.43. The van der Waals surface area contributed by atoms with Crippen LogP contribution < -0.4 is 4.74 Å². The highest BCUT2D eigenvalue weighted by Crippen LogP contribution is 2.32. The number of aromatic amines is 1. The van der Waals surface area contributed by atoms with Crippen LogP contribution in [0.2, 0.25) is 0 Å². The molecule has 4 rings (SSSR count). The molecule has 0 spiro atoms. The molecule has 148 valence electrons. The first-order valence-electron chi connectivity index (χ1n) is 9.59. The van der Waals surface area contributed by atoms with E-state index in [2.05, 4.69) is 74.2 Å². The number of nitrogens with one attached hydrogen (secondary N) is 1. The van der Waals surface area contributed by atoms with Crippen molar-refractivity contribution in [2.45, 2.75) is 17.2 Å². The van der Waals surface area contributed by atoms with Crippen LogP contribution in [-0.4, -0.2) is 55.1 Å². The van der Waals surface area contributed by atoms with Gasteiger partial charge in [-0.2, -0.15) is 0 Å². The molecule has 2 aromatic carbocycles. The van der Waals surface area contributed by atoms with E-state index in [-0.39, 0.29) is 0 Å². The number of thioether (sulfide) groups is 1. The topological polar surface area (TPSA) is 31.5 Å². The van der Waals surface area contributed by atoms with Crippen molar-refractivity contribution in [3.05, 3.63) is 58.2 Å². The van der Waals surface area contributed by atoms with Crippen molar-refractivity contribution >= 4 is 38.6 Å². The highest BCUT2D eigenvalue weighted by Gasteiger charge is 2.19. The van der Waals surface area contributed by atoms with E-state index in [1.807, 2.05) is 17.8 Å². The van der Waals surface area contributed by atoms with Gasteiger partial charge < -0.3 is 14.6 Å². The molecule has 0 aliphatic carbocycles. The normalized spacial score (nSPS) is 16.0. The molecule has 1 fully saturated rings. The number of likely N-dealkylation sites (N-methyl/N-ethyl adjacent to an activating group) is 1. The Hall–Kier alpha value is -1.47. The molecule has 0 saturated carbocycles. The van der Waals surface area contributed by atoms with Crippen molar-refractivity contribution in [2.75, 3.05) is 40.3 Å². The largest absolute Gasteiger partial charge is 0.497 e. The maximum absolute atomic E-state index is 5.49. The number of hydrogen-bond donors (Lipinski definition) is 1. The quantitative estimate of drug-likeness (QED) is 0.526. The number of methoxy groups -OCH3 is 1. The number of ether oxygens (including phenoxy) is 1. The van der Waals surface area contributed by atoms with Crippen LogP contribution in [0.25, 0.3) is 10.9 Å². The summed E-state index contributed by atoms with van der Waals surface area (Å²) >= 11 is 5.39. The van der Waals surface area contributed by atoms with Gasteiger partial charge in [-0.25, -0.2) is 0 Å². The van der Waals surface area contributed by atoms with Gasteiger partial charge in [-0.3, -0.25) is 4.90 Å². The average Bonchev–Trinajstić information content (AvgIpc) is 3.06. The van der Waals surface area contributed by atoms with Crippen LogP contribution in [0.5, 0.6) is 5.75 Å². The zero-order chi connectivity index (χ0) is 19.5. The molecule has 0 unspecified atom stereocenters. The van der Waals surface area contributed by atoms with Crippen LogP contribution in [0.4, 0.5) is 0 Å². The third kappa shape index (κ3) is 4.57. The summed E-state index contributed by atoms with van der Waals surface area (Å²) in [5, 5.41) is 1.28.